The van der Waals surface area contributed by atoms with E-state index in [2.05, 4.69) is 9.97 Å². The van der Waals surface area contributed by atoms with Gasteiger partial charge in [0, 0.05) is 5.92 Å². The van der Waals surface area contributed by atoms with Gasteiger partial charge >= 0.3 is 5.97 Å². The maximum atomic E-state index is 11.2. The number of carboxylic acid groups (broad SMARTS) is 1. The van der Waals surface area contributed by atoms with Crippen molar-refractivity contribution in [2.45, 2.75) is 26.4 Å². The highest BCUT2D eigenvalue weighted by atomic mass is 16.5. The van der Waals surface area contributed by atoms with Crippen LogP contribution in [0.5, 0.6) is 5.75 Å². The number of nitrogens with zero attached hydrogens (tertiary/aromatic N) is 2. The van der Waals surface area contributed by atoms with Crippen molar-refractivity contribution in [1.82, 2.24) is 9.97 Å². The Morgan fingerprint density at radius 3 is 2.89 bits per heavy atom. The fourth-order valence-electron chi connectivity index (χ4n) is 1.47. The van der Waals surface area contributed by atoms with Crippen molar-refractivity contribution < 1.29 is 19.1 Å². The number of furan rings is 1. The van der Waals surface area contributed by atoms with Crippen LogP contribution in [-0.4, -0.2) is 21.0 Å². The largest absolute Gasteiger partial charge is 0.481 e. The van der Waals surface area contributed by atoms with Gasteiger partial charge in [-0.3, -0.25) is 0 Å². The molecule has 0 saturated carbocycles. The third kappa shape index (κ3) is 3.09. The van der Waals surface area contributed by atoms with Crippen LogP contribution in [0.3, 0.4) is 0 Å². The monoisotopic (exact) mass is 262 g/mol. The van der Waals surface area contributed by atoms with Gasteiger partial charge in [-0.2, -0.15) is 0 Å². The van der Waals surface area contributed by atoms with E-state index in [0.717, 1.165) is 0 Å². The molecule has 1 N–H and O–H groups in total. The van der Waals surface area contributed by atoms with Gasteiger partial charge in [-0.25, -0.2) is 14.8 Å². The Morgan fingerprint density at radius 2 is 2.32 bits per heavy atom. The lowest BCUT2D eigenvalue weighted by Gasteiger charge is -2.09. The van der Waals surface area contributed by atoms with Crippen LogP contribution in [0.1, 0.15) is 41.8 Å². The Bertz CT molecular complexity index is 564. The minimum absolute atomic E-state index is 0.0530. The van der Waals surface area contributed by atoms with Crippen LogP contribution in [0, 0.1) is 0 Å². The molecular formula is C13H14N2O4. The van der Waals surface area contributed by atoms with E-state index in [-0.39, 0.29) is 24.0 Å². The Balaban J connectivity index is 2.21. The van der Waals surface area contributed by atoms with Crippen molar-refractivity contribution in [2.75, 3.05) is 0 Å². The molecule has 0 amide bonds. The van der Waals surface area contributed by atoms with E-state index in [0.29, 0.717) is 11.6 Å². The Hall–Kier alpha value is -2.37. The van der Waals surface area contributed by atoms with E-state index in [4.69, 9.17) is 14.3 Å². The standard InChI is InChI=1S/C13H14N2O4/c1-8(2)12-14-6-10(11(15-12)13(16)17)19-7-9-4-3-5-18-9/h3-6,8H,7H2,1-2H3,(H,16,17). The number of aromatic carboxylic acids is 1. The number of carbonyl (C=O) groups is 1. The van der Waals surface area contributed by atoms with E-state index in [1.54, 1.807) is 12.1 Å². The van der Waals surface area contributed by atoms with Gasteiger partial charge in [-0.15, -0.1) is 0 Å². The molecule has 0 aliphatic carbocycles. The zero-order valence-corrected chi connectivity index (χ0v) is 10.7. The van der Waals surface area contributed by atoms with Gasteiger partial charge in [-0.05, 0) is 12.1 Å². The van der Waals surface area contributed by atoms with E-state index < -0.39 is 5.97 Å². The van der Waals surface area contributed by atoms with Crippen LogP contribution in [0.4, 0.5) is 0 Å². The second-order valence-corrected chi connectivity index (χ2v) is 4.27. The molecule has 2 heterocycles. The smallest absolute Gasteiger partial charge is 0.358 e. The molecule has 0 aromatic carbocycles. The molecule has 0 atom stereocenters. The zero-order chi connectivity index (χ0) is 13.8. The van der Waals surface area contributed by atoms with Crippen molar-refractivity contribution >= 4 is 5.97 Å². The average Bonchev–Trinajstić information content (AvgIpc) is 2.89. The van der Waals surface area contributed by atoms with E-state index in [1.807, 2.05) is 13.8 Å². The molecule has 0 aliphatic heterocycles. The van der Waals surface area contributed by atoms with Gasteiger partial charge < -0.3 is 14.3 Å². The quantitative estimate of drug-likeness (QED) is 0.890. The first-order valence-corrected chi connectivity index (χ1v) is 5.83. The highest BCUT2D eigenvalue weighted by Crippen LogP contribution is 2.19. The van der Waals surface area contributed by atoms with E-state index in [1.165, 1.54) is 12.5 Å². The third-order valence-electron chi connectivity index (χ3n) is 2.44. The summed E-state index contributed by atoms with van der Waals surface area (Å²) in [5.41, 5.74) is -0.134. The molecule has 100 valence electrons. The molecule has 0 aliphatic rings. The Kier molecular flexibility index (Phi) is 3.79. The van der Waals surface area contributed by atoms with Crippen LogP contribution in [0.15, 0.2) is 29.0 Å². The molecule has 2 aromatic heterocycles. The molecule has 6 heteroatoms. The third-order valence-corrected chi connectivity index (χ3v) is 2.44. The molecular weight excluding hydrogens is 248 g/mol. The van der Waals surface area contributed by atoms with Crippen molar-refractivity contribution in [3.8, 4) is 5.75 Å². The molecule has 0 bridgehead atoms. The molecule has 0 fully saturated rings. The molecule has 0 spiro atoms. The fourth-order valence-corrected chi connectivity index (χ4v) is 1.47. The molecule has 0 radical (unpaired) electrons. The lowest BCUT2D eigenvalue weighted by Crippen LogP contribution is -2.10. The SMILES string of the molecule is CC(C)c1ncc(OCc2ccco2)c(C(=O)O)n1. The maximum Gasteiger partial charge on any atom is 0.358 e. The summed E-state index contributed by atoms with van der Waals surface area (Å²) in [4.78, 5) is 19.3. The van der Waals surface area contributed by atoms with Crippen molar-refractivity contribution in [1.29, 1.82) is 0 Å². The summed E-state index contributed by atoms with van der Waals surface area (Å²) in [6.45, 7) is 3.92. The zero-order valence-electron chi connectivity index (χ0n) is 10.7. The van der Waals surface area contributed by atoms with Crippen molar-refractivity contribution in [2.24, 2.45) is 0 Å². The van der Waals surface area contributed by atoms with Crippen LogP contribution < -0.4 is 4.74 Å². The number of ether oxygens (including phenoxy) is 1. The van der Waals surface area contributed by atoms with Crippen molar-refractivity contribution in [3.63, 3.8) is 0 Å². The first-order valence-electron chi connectivity index (χ1n) is 5.83. The minimum Gasteiger partial charge on any atom is -0.481 e. The van der Waals surface area contributed by atoms with Gasteiger partial charge in [-0.1, -0.05) is 13.8 Å². The normalized spacial score (nSPS) is 10.7. The summed E-state index contributed by atoms with van der Waals surface area (Å²) in [6.07, 6.45) is 2.91. The van der Waals surface area contributed by atoms with Crippen LogP contribution in [0.25, 0.3) is 0 Å². The summed E-state index contributed by atoms with van der Waals surface area (Å²) < 4.78 is 10.5. The molecule has 2 aromatic rings. The predicted octanol–water partition coefficient (Wildman–Crippen LogP) is 2.47. The van der Waals surface area contributed by atoms with Crippen molar-refractivity contribution in [3.05, 3.63) is 41.9 Å². The maximum absolute atomic E-state index is 11.2. The van der Waals surface area contributed by atoms with Gasteiger partial charge in [0.2, 0.25) is 0 Å². The van der Waals surface area contributed by atoms with Gasteiger partial charge in [0.25, 0.3) is 0 Å². The highest BCUT2D eigenvalue weighted by molar-refractivity contribution is 5.88. The number of carboxylic acids is 1. The molecule has 19 heavy (non-hydrogen) atoms. The average molecular weight is 262 g/mol. The van der Waals surface area contributed by atoms with Gasteiger partial charge in [0.15, 0.2) is 11.4 Å². The predicted molar refractivity (Wildman–Crippen MR) is 66.1 cm³/mol. The number of rotatable bonds is 5. The number of hydrogen-bond acceptors (Lipinski definition) is 5. The lowest BCUT2D eigenvalue weighted by molar-refractivity contribution is 0.0683. The van der Waals surface area contributed by atoms with Crippen LogP contribution in [0.2, 0.25) is 0 Å². The minimum atomic E-state index is -1.14. The number of hydrogen-bond donors (Lipinski definition) is 1. The molecule has 0 unspecified atom stereocenters. The molecule has 2 rings (SSSR count). The Morgan fingerprint density at radius 1 is 1.53 bits per heavy atom. The summed E-state index contributed by atoms with van der Waals surface area (Å²) >= 11 is 0. The van der Waals surface area contributed by atoms with Gasteiger partial charge in [0.05, 0.1) is 12.5 Å². The second-order valence-electron chi connectivity index (χ2n) is 4.27. The topological polar surface area (TPSA) is 85.5 Å². The summed E-state index contributed by atoms with van der Waals surface area (Å²) in [6, 6.07) is 3.47. The van der Waals surface area contributed by atoms with E-state index in [9.17, 15) is 4.79 Å². The van der Waals surface area contributed by atoms with Gasteiger partial charge in [0.1, 0.15) is 18.2 Å². The Labute approximate surface area is 110 Å². The van der Waals surface area contributed by atoms with E-state index >= 15 is 0 Å². The first-order chi connectivity index (χ1) is 9.08. The number of aromatic nitrogens is 2. The van der Waals surface area contributed by atoms with Crippen LogP contribution >= 0.6 is 0 Å². The van der Waals surface area contributed by atoms with Crippen LogP contribution in [-0.2, 0) is 6.61 Å². The second kappa shape index (κ2) is 5.51. The molecule has 0 saturated heterocycles. The highest BCUT2D eigenvalue weighted by Gasteiger charge is 2.17. The molecule has 6 nitrogen and oxygen atoms in total. The summed E-state index contributed by atoms with van der Waals surface area (Å²) in [7, 11) is 0. The lowest BCUT2D eigenvalue weighted by atomic mass is 10.2. The summed E-state index contributed by atoms with van der Waals surface area (Å²) in [5, 5.41) is 9.14. The first kappa shape index (κ1) is 13.1. The fraction of sp³-hybridized carbons (Fsp3) is 0.308. The summed E-state index contributed by atoms with van der Waals surface area (Å²) in [5.74, 6) is 0.122.